The first-order chi connectivity index (χ1) is 12.7. The summed E-state index contributed by atoms with van der Waals surface area (Å²) in [6, 6.07) is 6.24. The Morgan fingerprint density at radius 1 is 1.23 bits per heavy atom. The molecular formula is C20H28N4O2. The van der Waals surface area contributed by atoms with Gasteiger partial charge < -0.3 is 20.1 Å². The molecule has 1 unspecified atom stereocenters. The highest BCUT2D eigenvalue weighted by Gasteiger charge is 2.13. The van der Waals surface area contributed by atoms with Crippen molar-refractivity contribution in [2.24, 2.45) is 0 Å². The molecule has 1 aliphatic rings. The van der Waals surface area contributed by atoms with Gasteiger partial charge >= 0.3 is 0 Å². The minimum Gasteiger partial charge on any atom is -0.490 e. The van der Waals surface area contributed by atoms with Gasteiger partial charge in [0.1, 0.15) is 5.82 Å². The number of hydrogen-bond donors (Lipinski definition) is 1. The van der Waals surface area contributed by atoms with Crippen LogP contribution in [0.25, 0.3) is 0 Å². The van der Waals surface area contributed by atoms with Crippen molar-refractivity contribution in [2.75, 3.05) is 43.5 Å². The Bertz CT molecular complexity index is 699. The van der Waals surface area contributed by atoms with Crippen molar-refractivity contribution in [1.29, 1.82) is 0 Å². The SMILES string of the molecule is CCc1cnc(N)c(OCCC(C)c2ccc(N3CCOCC3)nc2)c1. The predicted molar refractivity (Wildman–Crippen MR) is 104 cm³/mol. The summed E-state index contributed by atoms with van der Waals surface area (Å²) < 4.78 is 11.3. The van der Waals surface area contributed by atoms with E-state index >= 15 is 0 Å². The van der Waals surface area contributed by atoms with Gasteiger partial charge in [-0.25, -0.2) is 9.97 Å². The number of nitrogens with two attached hydrogens (primary N) is 1. The predicted octanol–water partition coefficient (Wildman–Crippen LogP) is 3.03. The number of ether oxygens (including phenoxy) is 2. The van der Waals surface area contributed by atoms with Crippen LogP contribution in [-0.2, 0) is 11.2 Å². The van der Waals surface area contributed by atoms with Crippen molar-refractivity contribution >= 4 is 11.6 Å². The van der Waals surface area contributed by atoms with E-state index in [1.165, 1.54) is 5.56 Å². The zero-order valence-electron chi connectivity index (χ0n) is 15.6. The second-order valence-electron chi connectivity index (χ2n) is 6.67. The number of rotatable bonds is 7. The third-order valence-electron chi connectivity index (χ3n) is 4.83. The average molecular weight is 356 g/mol. The molecule has 1 fully saturated rings. The van der Waals surface area contributed by atoms with Crippen LogP contribution in [0.1, 0.15) is 37.3 Å². The summed E-state index contributed by atoms with van der Waals surface area (Å²) in [6.45, 7) is 8.24. The summed E-state index contributed by atoms with van der Waals surface area (Å²) >= 11 is 0. The maximum Gasteiger partial charge on any atom is 0.166 e. The number of morpholine rings is 1. The lowest BCUT2D eigenvalue weighted by Crippen LogP contribution is -2.36. The fraction of sp³-hybridized carbons (Fsp3) is 0.500. The number of anilines is 2. The van der Waals surface area contributed by atoms with Gasteiger partial charge in [-0.15, -0.1) is 0 Å². The van der Waals surface area contributed by atoms with E-state index in [0.29, 0.717) is 24.1 Å². The number of nitrogen functional groups attached to an aromatic ring is 1. The van der Waals surface area contributed by atoms with Gasteiger partial charge in [0.15, 0.2) is 11.6 Å². The van der Waals surface area contributed by atoms with Crippen molar-refractivity contribution in [3.8, 4) is 5.75 Å². The maximum atomic E-state index is 5.90. The molecule has 0 saturated carbocycles. The minimum atomic E-state index is 0.366. The molecule has 0 aliphatic carbocycles. The molecule has 0 spiro atoms. The van der Waals surface area contributed by atoms with Crippen LogP contribution in [0.5, 0.6) is 5.75 Å². The number of hydrogen-bond acceptors (Lipinski definition) is 6. The molecule has 1 saturated heterocycles. The molecule has 2 aromatic rings. The molecule has 3 heterocycles. The van der Waals surface area contributed by atoms with Gasteiger partial charge in [0.05, 0.1) is 19.8 Å². The summed E-state index contributed by atoms with van der Waals surface area (Å²) in [5.74, 6) is 2.52. The lowest BCUT2D eigenvalue weighted by Gasteiger charge is -2.28. The highest BCUT2D eigenvalue weighted by Crippen LogP contribution is 2.24. The molecule has 26 heavy (non-hydrogen) atoms. The number of aromatic nitrogens is 2. The Labute approximate surface area is 155 Å². The van der Waals surface area contributed by atoms with Crippen LogP contribution in [0.2, 0.25) is 0 Å². The highest BCUT2D eigenvalue weighted by molar-refractivity contribution is 5.47. The van der Waals surface area contributed by atoms with Crippen LogP contribution >= 0.6 is 0 Å². The van der Waals surface area contributed by atoms with E-state index in [1.54, 1.807) is 6.20 Å². The second kappa shape index (κ2) is 8.85. The molecule has 140 valence electrons. The molecule has 3 rings (SSSR count). The lowest BCUT2D eigenvalue weighted by atomic mass is 10.00. The summed E-state index contributed by atoms with van der Waals surface area (Å²) in [5, 5.41) is 0. The van der Waals surface area contributed by atoms with E-state index in [2.05, 4.69) is 40.8 Å². The summed E-state index contributed by atoms with van der Waals surface area (Å²) in [4.78, 5) is 11.1. The average Bonchev–Trinajstić information content (AvgIpc) is 2.70. The van der Waals surface area contributed by atoms with Gasteiger partial charge in [0, 0.05) is 25.5 Å². The number of aryl methyl sites for hydroxylation is 1. The van der Waals surface area contributed by atoms with Gasteiger partial charge in [0.25, 0.3) is 0 Å². The van der Waals surface area contributed by atoms with Crippen molar-refractivity contribution in [3.05, 3.63) is 41.7 Å². The van der Waals surface area contributed by atoms with Crippen molar-refractivity contribution < 1.29 is 9.47 Å². The number of nitrogens with zero attached hydrogens (tertiary/aromatic N) is 3. The first-order valence-corrected chi connectivity index (χ1v) is 9.33. The Morgan fingerprint density at radius 3 is 2.73 bits per heavy atom. The molecule has 6 nitrogen and oxygen atoms in total. The molecule has 0 amide bonds. The van der Waals surface area contributed by atoms with Crippen LogP contribution < -0.4 is 15.4 Å². The molecule has 2 N–H and O–H groups in total. The van der Waals surface area contributed by atoms with Gasteiger partial charge in [-0.1, -0.05) is 19.9 Å². The van der Waals surface area contributed by atoms with Crippen LogP contribution in [-0.4, -0.2) is 42.9 Å². The monoisotopic (exact) mass is 356 g/mol. The fourth-order valence-electron chi connectivity index (χ4n) is 2.99. The Balaban J connectivity index is 1.52. The zero-order chi connectivity index (χ0) is 18.4. The Hall–Kier alpha value is -2.34. The van der Waals surface area contributed by atoms with E-state index in [0.717, 1.165) is 50.5 Å². The third-order valence-corrected chi connectivity index (χ3v) is 4.83. The standard InChI is InChI=1S/C20H28N4O2/c1-3-16-12-18(20(21)23-13-16)26-9-6-15(2)17-4-5-19(22-14-17)24-7-10-25-11-8-24/h4-5,12-15H,3,6-11H2,1-2H3,(H2,21,23). The minimum absolute atomic E-state index is 0.366. The molecular weight excluding hydrogens is 328 g/mol. The molecule has 0 radical (unpaired) electrons. The van der Waals surface area contributed by atoms with E-state index in [9.17, 15) is 0 Å². The van der Waals surface area contributed by atoms with Crippen LogP contribution in [0, 0.1) is 0 Å². The molecule has 1 aliphatic heterocycles. The van der Waals surface area contributed by atoms with E-state index < -0.39 is 0 Å². The van der Waals surface area contributed by atoms with Gasteiger partial charge in [0.2, 0.25) is 0 Å². The van der Waals surface area contributed by atoms with E-state index in [-0.39, 0.29) is 0 Å². The van der Waals surface area contributed by atoms with Crippen LogP contribution in [0.3, 0.4) is 0 Å². The van der Waals surface area contributed by atoms with E-state index in [4.69, 9.17) is 15.2 Å². The first kappa shape index (κ1) is 18.5. The van der Waals surface area contributed by atoms with E-state index in [1.807, 2.05) is 12.3 Å². The Kier molecular flexibility index (Phi) is 6.28. The van der Waals surface area contributed by atoms with Crippen molar-refractivity contribution in [3.63, 3.8) is 0 Å². The summed E-state index contributed by atoms with van der Waals surface area (Å²) in [6.07, 6.45) is 5.59. The normalized spacial score (nSPS) is 15.7. The highest BCUT2D eigenvalue weighted by atomic mass is 16.5. The maximum absolute atomic E-state index is 5.90. The van der Waals surface area contributed by atoms with Crippen LogP contribution in [0.15, 0.2) is 30.6 Å². The second-order valence-corrected chi connectivity index (χ2v) is 6.67. The van der Waals surface area contributed by atoms with Crippen molar-refractivity contribution in [1.82, 2.24) is 9.97 Å². The zero-order valence-corrected chi connectivity index (χ0v) is 15.6. The third kappa shape index (κ3) is 4.64. The first-order valence-electron chi connectivity index (χ1n) is 9.33. The molecule has 1 atom stereocenters. The summed E-state index contributed by atoms with van der Waals surface area (Å²) in [5.41, 5.74) is 8.25. The molecule has 0 aromatic carbocycles. The summed E-state index contributed by atoms with van der Waals surface area (Å²) in [7, 11) is 0. The molecule has 2 aromatic heterocycles. The quantitative estimate of drug-likeness (QED) is 0.822. The van der Waals surface area contributed by atoms with Crippen LogP contribution in [0.4, 0.5) is 11.6 Å². The van der Waals surface area contributed by atoms with Gasteiger partial charge in [-0.3, -0.25) is 0 Å². The smallest absolute Gasteiger partial charge is 0.166 e. The number of pyridine rings is 2. The van der Waals surface area contributed by atoms with Gasteiger partial charge in [-0.2, -0.15) is 0 Å². The topological polar surface area (TPSA) is 73.5 Å². The molecule has 6 heteroatoms. The largest absolute Gasteiger partial charge is 0.490 e. The molecule has 0 bridgehead atoms. The van der Waals surface area contributed by atoms with Gasteiger partial charge in [-0.05, 0) is 42.0 Å². The Morgan fingerprint density at radius 2 is 2.04 bits per heavy atom. The van der Waals surface area contributed by atoms with Crippen molar-refractivity contribution in [2.45, 2.75) is 32.6 Å². The fourth-order valence-corrected chi connectivity index (χ4v) is 2.99. The lowest BCUT2D eigenvalue weighted by molar-refractivity contribution is 0.122.